The zero-order valence-electron chi connectivity index (χ0n) is 6.36. The number of β-amino-alcohol motifs (C(OH)–C–C–N with tert-alkyl or cyclic N) is 1. The average Bonchev–Trinajstić information content (AvgIpc) is 2.28. The smallest absolute Gasteiger partial charge is 0.324 e. The van der Waals surface area contributed by atoms with Gasteiger partial charge in [-0.3, -0.25) is 10.6 Å². The largest absolute Gasteiger partial charge is 0.468 e. The van der Waals surface area contributed by atoms with Crippen molar-refractivity contribution in [3.63, 3.8) is 0 Å². The number of nitrogens with zero attached hydrogens (tertiary/aromatic N) is 1. The van der Waals surface area contributed by atoms with Gasteiger partial charge in [0, 0.05) is 13.0 Å². The Labute approximate surface area is 64.7 Å². The first-order valence-corrected chi connectivity index (χ1v) is 3.42. The molecular weight excluding hydrogens is 148 g/mol. The van der Waals surface area contributed by atoms with Gasteiger partial charge in [-0.15, -0.1) is 0 Å². The SMILES string of the molecule is COC(=O)[C@@H]1CC(O)CN1N. The molecule has 11 heavy (non-hydrogen) atoms. The highest BCUT2D eigenvalue weighted by Gasteiger charge is 2.34. The lowest BCUT2D eigenvalue weighted by Crippen LogP contribution is -2.41. The van der Waals surface area contributed by atoms with Gasteiger partial charge >= 0.3 is 5.97 Å². The monoisotopic (exact) mass is 160 g/mol. The van der Waals surface area contributed by atoms with E-state index in [2.05, 4.69) is 4.74 Å². The van der Waals surface area contributed by atoms with Crippen molar-refractivity contribution in [1.82, 2.24) is 5.01 Å². The molecule has 0 spiro atoms. The fourth-order valence-corrected chi connectivity index (χ4v) is 1.21. The first-order chi connectivity index (χ1) is 5.15. The predicted octanol–water partition coefficient (Wildman–Crippen LogP) is -1.53. The standard InChI is InChI=1S/C6H12N2O3/c1-11-6(10)5-2-4(9)3-8(5)7/h4-5,9H,2-3,7H2,1H3/t4?,5-/m0/s1. The Morgan fingerprint density at radius 2 is 2.45 bits per heavy atom. The summed E-state index contributed by atoms with van der Waals surface area (Å²) >= 11 is 0. The summed E-state index contributed by atoms with van der Waals surface area (Å²) in [5.74, 6) is 5.03. The lowest BCUT2D eigenvalue weighted by atomic mass is 10.2. The van der Waals surface area contributed by atoms with Crippen LogP contribution in [0, 0.1) is 0 Å². The molecule has 0 bridgehead atoms. The number of nitrogens with two attached hydrogens (primary N) is 1. The Hall–Kier alpha value is -0.650. The van der Waals surface area contributed by atoms with Crippen molar-refractivity contribution in [1.29, 1.82) is 0 Å². The summed E-state index contributed by atoms with van der Waals surface area (Å²) in [5.41, 5.74) is 0. The molecule has 2 atom stereocenters. The molecule has 0 amide bonds. The summed E-state index contributed by atoms with van der Waals surface area (Å²) in [5, 5.41) is 10.4. The van der Waals surface area contributed by atoms with Crippen LogP contribution in [-0.4, -0.2) is 41.9 Å². The van der Waals surface area contributed by atoms with Gasteiger partial charge in [-0.25, -0.2) is 5.01 Å². The third kappa shape index (κ3) is 1.68. The lowest BCUT2D eigenvalue weighted by molar-refractivity contribution is -0.145. The number of esters is 1. The minimum absolute atomic E-state index is 0.333. The van der Waals surface area contributed by atoms with Crippen molar-refractivity contribution in [3.8, 4) is 0 Å². The number of aliphatic hydroxyl groups excluding tert-OH is 1. The van der Waals surface area contributed by atoms with E-state index < -0.39 is 12.1 Å². The Kier molecular flexibility index (Phi) is 2.43. The normalized spacial score (nSPS) is 32.3. The van der Waals surface area contributed by atoms with Crippen molar-refractivity contribution < 1.29 is 14.6 Å². The number of hydrazine groups is 1. The zero-order valence-corrected chi connectivity index (χ0v) is 6.36. The fourth-order valence-electron chi connectivity index (χ4n) is 1.21. The van der Waals surface area contributed by atoms with E-state index in [-0.39, 0.29) is 5.97 Å². The van der Waals surface area contributed by atoms with Gasteiger partial charge in [0.25, 0.3) is 0 Å². The fraction of sp³-hybridized carbons (Fsp3) is 0.833. The Morgan fingerprint density at radius 3 is 2.82 bits per heavy atom. The molecule has 1 saturated heterocycles. The van der Waals surface area contributed by atoms with E-state index in [1.165, 1.54) is 12.1 Å². The molecule has 64 valence electrons. The molecule has 3 N–H and O–H groups in total. The number of aliphatic hydroxyl groups is 1. The lowest BCUT2D eigenvalue weighted by Gasteiger charge is -2.14. The van der Waals surface area contributed by atoms with Crippen molar-refractivity contribution >= 4 is 5.97 Å². The van der Waals surface area contributed by atoms with Crippen LogP contribution in [0.15, 0.2) is 0 Å². The maximum atomic E-state index is 10.9. The number of ether oxygens (including phenoxy) is 1. The van der Waals surface area contributed by atoms with Crippen molar-refractivity contribution in [3.05, 3.63) is 0 Å². The van der Waals surface area contributed by atoms with Gasteiger partial charge in [-0.05, 0) is 0 Å². The van der Waals surface area contributed by atoms with Crippen molar-refractivity contribution in [2.75, 3.05) is 13.7 Å². The molecule has 5 heteroatoms. The molecule has 1 rings (SSSR count). The van der Waals surface area contributed by atoms with Crippen LogP contribution in [-0.2, 0) is 9.53 Å². The third-order valence-corrected chi connectivity index (χ3v) is 1.79. The Morgan fingerprint density at radius 1 is 1.82 bits per heavy atom. The number of carbonyl (C=O) groups is 1. The highest BCUT2D eigenvalue weighted by Crippen LogP contribution is 2.14. The average molecular weight is 160 g/mol. The van der Waals surface area contributed by atoms with E-state index in [0.717, 1.165) is 0 Å². The highest BCUT2D eigenvalue weighted by atomic mass is 16.5. The molecule has 1 aliphatic rings. The zero-order chi connectivity index (χ0) is 8.43. The molecule has 5 nitrogen and oxygen atoms in total. The van der Waals surface area contributed by atoms with Crippen LogP contribution >= 0.6 is 0 Å². The maximum absolute atomic E-state index is 10.9. The van der Waals surface area contributed by atoms with Crippen molar-refractivity contribution in [2.24, 2.45) is 5.84 Å². The van der Waals surface area contributed by atoms with E-state index in [0.29, 0.717) is 13.0 Å². The van der Waals surface area contributed by atoms with E-state index in [1.807, 2.05) is 0 Å². The number of hydrogen-bond donors (Lipinski definition) is 2. The van der Waals surface area contributed by atoms with Crippen LogP contribution in [0.5, 0.6) is 0 Å². The van der Waals surface area contributed by atoms with Gasteiger partial charge in [-0.1, -0.05) is 0 Å². The molecule has 1 fully saturated rings. The summed E-state index contributed by atoms with van der Waals surface area (Å²) in [6.07, 6.45) is -0.146. The van der Waals surface area contributed by atoms with E-state index >= 15 is 0 Å². The van der Waals surface area contributed by atoms with Crippen molar-refractivity contribution in [2.45, 2.75) is 18.6 Å². The topological polar surface area (TPSA) is 75.8 Å². The number of methoxy groups -OCH3 is 1. The van der Waals surface area contributed by atoms with Gasteiger partial charge in [-0.2, -0.15) is 0 Å². The number of rotatable bonds is 1. The summed E-state index contributed by atoms with van der Waals surface area (Å²) in [4.78, 5) is 10.9. The molecule has 0 aromatic carbocycles. The molecule has 0 aromatic heterocycles. The second-order valence-corrected chi connectivity index (χ2v) is 2.63. The summed E-state index contributed by atoms with van der Waals surface area (Å²) in [6.45, 7) is 0.333. The summed E-state index contributed by atoms with van der Waals surface area (Å²) < 4.78 is 4.48. The second-order valence-electron chi connectivity index (χ2n) is 2.63. The van der Waals surface area contributed by atoms with Gasteiger partial charge in [0.05, 0.1) is 13.2 Å². The van der Waals surface area contributed by atoms with E-state index in [9.17, 15) is 4.79 Å². The van der Waals surface area contributed by atoms with Crippen LogP contribution in [0.3, 0.4) is 0 Å². The molecule has 0 radical (unpaired) electrons. The van der Waals surface area contributed by atoms with Crippen LogP contribution in [0.2, 0.25) is 0 Å². The molecule has 0 aliphatic carbocycles. The van der Waals surface area contributed by atoms with Gasteiger partial charge in [0.1, 0.15) is 6.04 Å². The summed E-state index contributed by atoms with van der Waals surface area (Å²) in [7, 11) is 1.31. The number of carbonyl (C=O) groups excluding carboxylic acids is 1. The minimum atomic E-state index is -0.510. The van der Waals surface area contributed by atoms with Gasteiger partial charge in [0.15, 0.2) is 0 Å². The van der Waals surface area contributed by atoms with E-state index in [4.69, 9.17) is 10.9 Å². The molecule has 1 aliphatic heterocycles. The minimum Gasteiger partial charge on any atom is -0.468 e. The first kappa shape index (κ1) is 8.45. The predicted molar refractivity (Wildman–Crippen MR) is 37.3 cm³/mol. The molecule has 0 aromatic rings. The molecule has 1 heterocycles. The van der Waals surface area contributed by atoms with Gasteiger partial charge in [0.2, 0.25) is 0 Å². The molecule has 1 unspecified atom stereocenters. The van der Waals surface area contributed by atoms with Crippen LogP contribution < -0.4 is 5.84 Å². The van der Waals surface area contributed by atoms with Crippen LogP contribution in [0.1, 0.15) is 6.42 Å². The van der Waals surface area contributed by atoms with Crippen LogP contribution in [0.25, 0.3) is 0 Å². The highest BCUT2D eigenvalue weighted by molar-refractivity contribution is 5.76. The molecule has 0 saturated carbocycles. The Balaban J connectivity index is 2.52. The molecular formula is C6H12N2O3. The van der Waals surface area contributed by atoms with E-state index in [1.54, 1.807) is 0 Å². The number of hydrogen-bond acceptors (Lipinski definition) is 5. The first-order valence-electron chi connectivity index (χ1n) is 3.42. The Bertz CT molecular complexity index is 162. The van der Waals surface area contributed by atoms with Crippen LogP contribution in [0.4, 0.5) is 0 Å². The maximum Gasteiger partial charge on any atom is 0.324 e. The third-order valence-electron chi connectivity index (χ3n) is 1.79. The quantitative estimate of drug-likeness (QED) is 0.359. The second kappa shape index (κ2) is 3.17. The van der Waals surface area contributed by atoms with Gasteiger partial charge < -0.3 is 9.84 Å². The summed E-state index contributed by atoms with van der Waals surface area (Å²) in [6, 6.07) is -0.477.